The van der Waals surface area contributed by atoms with Crippen molar-refractivity contribution in [2.75, 3.05) is 6.54 Å². The van der Waals surface area contributed by atoms with E-state index in [9.17, 15) is 8.42 Å². The monoisotopic (exact) mass is 284 g/mol. The predicted octanol–water partition coefficient (Wildman–Crippen LogP) is 1.40. The van der Waals surface area contributed by atoms with E-state index in [1.165, 1.54) is 18.9 Å². The number of hydrogen-bond donors (Lipinski definition) is 2. The zero-order valence-electron chi connectivity index (χ0n) is 9.93. The zero-order chi connectivity index (χ0) is 13.2. The highest BCUT2D eigenvalue weighted by Gasteiger charge is 2.23. The molecule has 0 bridgehead atoms. The molecular weight excluding hydrogens is 268 g/mol. The van der Waals surface area contributed by atoms with E-state index in [2.05, 4.69) is 4.72 Å². The van der Waals surface area contributed by atoms with Crippen molar-refractivity contribution in [1.29, 1.82) is 0 Å². The maximum absolute atomic E-state index is 12.1. The van der Waals surface area contributed by atoms with Crippen LogP contribution in [0.25, 0.3) is 0 Å². The number of thiocarbonyl (C=S) groups is 1. The Hall–Kier alpha value is -0.980. The molecule has 98 valence electrons. The van der Waals surface area contributed by atoms with Crippen molar-refractivity contribution in [2.24, 2.45) is 11.7 Å². The molecule has 1 aromatic carbocycles. The van der Waals surface area contributed by atoms with Crippen molar-refractivity contribution in [3.63, 3.8) is 0 Å². The minimum Gasteiger partial charge on any atom is -0.389 e. The first-order valence-electron chi connectivity index (χ1n) is 5.89. The highest BCUT2D eigenvalue weighted by Crippen LogP contribution is 2.31. The van der Waals surface area contributed by atoms with Crippen molar-refractivity contribution >= 4 is 27.2 Å². The fourth-order valence-electron chi connectivity index (χ4n) is 1.79. The number of sulfonamides is 1. The van der Waals surface area contributed by atoms with E-state index in [0.717, 1.165) is 6.42 Å². The van der Waals surface area contributed by atoms with Gasteiger partial charge in [-0.25, -0.2) is 13.1 Å². The molecule has 4 nitrogen and oxygen atoms in total. The van der Waals surface area contributed by atoms with E-state index in [1.54, 1.807) is 18.2 Å². The molecule has 1 aromatic rings. The maximum Gasteiger partial charge on any atom is 0.241 e. The van der Waals surface area contributed by atoms with Gasteiger partial charge in [-0.15, -0.1) is 0 Å². The number of hydrogen-bond acceptors (Lipinski definition) is 3. The van der Waals surface area contributed by atoms with Gasteiger partial charge in [0.25, 0.3) is 0 Å². The lowest BCUT2D eigenvalue weighted by Crippen LogP contribution is -2.27. The minimum absolute atomic E-state index is 0.0955. The smallest absolute Gasteiger partial charge is 0.241 e. The van der Waals surface area contributed by atoms with Crippen LogP contribution in [0.4, 0.5) is 0 Å². The van der Waals surface area contributed by atoms with E-state index in [-0.39, 0.29) is 9.88 Å². The largest absolute Gasteiger partial charge is 0.389 e. The molecule has 2 rings (SSSR count). The number of rotatable bonds is 6. The normalized spacial score (nSPS) is 15.6. The molecule has 18 heavy (non-hydrogen) atoms. The summed E-state index contributed by atoms with van der Waals surface area (Å²) in [6.45, 7) is 0.471. The van der Waals surface area contributed by atoms with Crippen molar-refractivity contribution < 1.29 is 8.42 Å². The molecule has 0 unspecified atom stereocenters. The lowest BCUT2D eigenvalue weighted by molar-refractivity contribution is 0.575. The second kappa shape index (κ2) is 5.34. The Morgan fingerprint density at radius 3 is 2.67 bits per heavy atom. The van der Waals surface area contributed by atoms with Gasteiger partial charge in [0, 0.05) is 12.1 Å². The van der Waals surface area contributed by atoms with Gasteiger partial charge in [0.15, 0.2) is 0 Å². The molecule has 3 N–H and O–H groups in total. The quantitative estimate of drug-likeness (QED) is 0.775. The van der Waals surface area contributed by atoms with Gasteiger partial charge in [-0.2, -0.15) is 0 Å². The standard InChI is InChI=1S/C12H16N2O2S2/c13-12(17)10-3-1-2-4-11(10)18(15,16)14-8-7-9-5-6-9/h1-4,9,14H,5-8H2,(H2,13,17). The van der Waals surface area contributed by atoms with Crippen LogP contribution in [-0.2, 0) is 10.0 Å². The van der Waals surface area contributed by atoms with Crippen LogP contribution in [0.2, 0.25) is 0 Å². The summed E-state index contributed by atoms with van der Waals surface area (Å²) in [4.78, 5) is 0.256. The summed E-state index contributed by atoms with van der Waals surface area (Å²) in [5.74, 6) is 0.693. The summed E-state index contributed by atoms with van der Waals surface area (Å²) < 4.78 is 26.9. The van der Waals surface area contributed by atoms with E-state index in [1.807, 2.05) is 0 Å². The van der Waals surface area contributed by atoms with E-state index >= 15 is 0 Å². The fraction of sp³-hybridized carbons (Fsp3) is 0.417. The van der Waals surface area contributed by atoms with Gasteiger partial charge in [-0.3, -0.25) is 0 Å². The molecule has 0 aromatic heterocycles. The molecule has 1 fully saturated rings. The summed E-state index contributed by atoms with van der Waals surface area (Å²) in [5, 5.41) is 0. The van der Waals surface area contributed by atoms with Gasteiger partial charge in [-0.05, 0) is 18.4 Å². The summed E-state index contributed by atoms with van der Waals surface area (Å²) >= 11 is 4.87. The molecular formula is C12H16N2O2S2. The Morgan fingerprint density at radius 1 is 1.39 bits per heavy atom. The lowest BCUT2D eigenvalue weighted by Gasteiger charge is -2.10. The Bertz CT molecular complexity index is 551. The molecule has 1 aliphatic carbocycles. The SMILES string of the molecule is NC(=S)c1ccccc1S(=O)(=O)NCCC1CC1. The third-order valence-electron chi connectivity index (χ3n) is 2.98. The highest BCUT2D eigenvalue weighted by atomic mass is 32.2. The number of benzene rings is 1. The molecule has 0 atom stereocenters. The molecule has 0 saturated heterocycles. The molecule has 0 aliphatic heterocycles. The van der Waals surface area contributed by atoms with Gasteiger partial charge in [0.2, 0.25) is 10.0 Å². The zero-order valence-corrected chi connectivity index (χ0v) is 11.6. The van der Waals surface area contributed by atoms with Gasteiger partial charge in [0.1, 0.15) is 4.99 Å². The molecule has 1 saturated carbocycles. The minimum atomic E-state index is -3.52. The first kappa shape index (κ1) is 13.5. The topological polar surface area (TPSA) is 72.2 Å². The molecule has 0 heterocycles. The summed E-state index contributed by atoms with van der Waals surface area (Å²) in [6.07, 6.45) is 3.32. The van der Waals surface area contributed by atoms with Crippen molar-refractivity contribution in [1.82, 2.24) is 4.72 Å². The van der Waals surface area contributed by atoms with Crippen LogP contribution in [0.5, 0.6) is 0 Å². The highest BCUT2D eigenvalue weighted by molar-refractivity contribution is 7.89. The van der Waals surface area contributed by atoms with Gasteiger partial charge in [0.05, 0.1) is 4.90 Å². The van der Waals surface area contributed by atoms with Crippen LogP contribution in [0, 0.1) is 5.92 Å². The molecule has 0 radical (unpaired) electrons. The van der Waals surface area contributed by atoms with Crippen LogP contribution in [-0.4, -0.2) is 20.0 Å². The van der Waals surface area contributed by atoms with E-state index in [4.69, 9.17) is 18.0 Å². The van der Waals surface area contributed by atoms with Gasteiger partial charge >= 0.3 is 0 Å². The van der Waals surface area contributed by atoms with Crippen molar-refractivity contribution in [3.05, 3.63) is 29.8 Å². The average molecular weight is 284 g/mol. The fourth-order valence-corrected chi connectivity index (χ4v) is 3.30. The second-order valence-corrected chi connectivity index (χ2v) is 6.67. The lowest BCUT2D eigenvalue weighted by atomic mass is 10.2. The Kier molecular flexibility index (Phi) is 3.99. The number of nitrogens with two attached hydrogens (primary N) is 1. The second-order valence-electron chi connectivity index (χ2n) is 4.49. The van der Waals surface area contributed by atoms with Crippen LogP contribution in [0.1, 0.15) is 24.8 Å². The van der Waals surface area contributed by atoms with Gasteiger partial charge in [-0.1, -0.05) is 43.3 Å². The molecule has 0 spiro atoms. The van der Waals surface area contributed by atoms with E-state index < -0.39 is 10.0 Å². The Labute approximate surface area is 113 Å². The molecule has 6 heteroatoms. The van der Waals surface area contributed by atoms with Crippen LogP contribution in [0.3, 0.4) is 0 Å². The summed E-state index contributed by atoms with van der Waals surface area (Å²) in [7, 11) is -3.52. The Morgan fingerprint density at radius 2 is 2.06 bits per heavy atom. The molecule has 0 amide bonds. The Balaban J connectivity index is 2.14. The third kappa shape index (κ3) is 3.28. The predicted molar refractivity (Wildman–Crippen MR) is 74.9 cm³/mol. The van der Waals surface area contributed by atoms with Crippen LogP contribution in [0.15, 0.2) is 29.2 Å². The summed E-state index contributed by atoms with van der Waals surface area (Å²) in [5.41, 5.74) is 5.93. The van der Waals surface area contributed by atoms with Gasteiger partial charge < -0.3 is 5.73 Å². The first-order chi connectivity index (χ1) is 8.50. The molecule has 1 aliphatic rings. The van der Waals surface area contributed by atoms with Crippen molar-refractivity contribution in [3.8, 4) is 0 Å². The van der Waals surface area contributed by atoms with E-state index in [0.29, 0.717) is 18.0 Å². The summed E-state index contributed by atoms with van der Waals surface area (Å²) in [6, 6.07) is 6.53. The first-order valence-corrected chi connectivity index (χ1v) is 7.78. The number of nitrogens with one attached hydrogen (secondary N) is 1. The van der Waals surface area contributed by atoms with Crippen LogP contribution >= 0.6 is 12.2 Å². The maximum atomic E-state index is 12.1. The van der Waals surface area contributed by atoms with Crippen LogP contribution < -0.4 is 10.5 Å². The van der Waals surface area contributed by atoms with Crippen molar-refractivity contribution in [2.45, 2.75) is 24.2 Å². The average Bonchev–Trinajstić information content (AvgIpc) is 3.13. The third-order valence-corrected chi connectivity index (χ3v) is 4.72.